The molecule has 0 saturated carbocycles. The number of para-hydroxylation sites is 2. The van der Waals surface area contributed by atoms with Gasteiger partial charge in [0.15, 0.2) is 0 Å². The molecule has 0 aliphatic heterocycles. The molecule has 0 bridgehead atoms. The third-order valence-electron chi connectivity index (χ3n) is 10.6. The molecular weight excluding hydrogens is 627 g/mol. The molecule has 1 heteroatoms. The molecule has 2 unspecified atom stereocenters. The molecular formula is C51H39N. The number of benzene rings is 8. The molecule has 8 aromatic rings. The van der Waals surface area contributed by atoms with Crippen LogP contribution in [0.4, 0.5) is 17.1 Å². The third kappa shape index (κ3) is 5.71. The second-order valence-corrected chi connectivity index (χ2v) is 13.7. The Balaban J connectivity index is 1.29. The largest absolute Gasteiger partial charge is 0.309 e. The Bertz CT molecular complexity index is 2520. The summed E-state index contributed by atoms with van der Waals surface area (Å²) in [5.74, 6) is 0.601. The Kier molecular flexibility index (Phi) is 8.31. The zero-order valence-corrected chi connectivity index (χ0v) is 29.2. The molecule has 0 radical (unpaired) electrons. The zero-order chi connectivity index (χ0) is 34.9. The summed E-state index contributed by atoms with van der Waals surface area (Å²) in [7, 11) is 0. The van der Waals surface area contributed by atoms with Gasteiger partial charge < -0.3 is 4.90 Å². The van der Waals surface area contributed by atoms with Crippen LogP contribution in [-0.2, 0) is 0 Å². The highest BCUT2D eigenvalue weighted by atomic mass is 15.1. The third-order valence-corrected chi connectivity index (χ3v) is 10.6. The average Bonchev–Trinajstić information content (AvgIpc) is 3.22. The number of fused-ring (bicyclic) bond motifs is 2. The zero-order valence-electron chi connectivity index (χ0n) is 29.2. The van der Waals surface area contributed by atoms with E-state index in [0.717, 1.165) is 17.1 Å². The number of hydrogen-bond donors (Lipinski definition) is 0. The second kappa shape index (κ2) is 13.7. The molecule has 0 fully saturated rings. The van der Waals surface area contributed by atoms with Gasteiger partial charge in [0.1, 0.15) is 0 Å². The number of nitrogens with zero attached hydrogens (tertiary/aromatic N) is 1. The van der Waals surface area contributed by atoms with Gasteiger partial charge in [-0.2, -0.15) is 0 Å². The van der Waals surface area contributed by atoms with Crippen molar-refractivity contribution in [3.05, 3.63) is 217 Å². The summed E-state index contributed by atoms with van der Waals surface area (Å²) < 4.78 is 0. The normalized spacial score (nSPS) is 14.9. The lowest BCUT2D eigenvalue weighted by molar-refractivity contribution is 0.620. The van der Waals surface area contributed by atoms with E-state index in [4.69, 9.17) is 0 Å². The lowest BCUT2D eigenvalue weighted by Crippen LogP contribution is -2.17. The summed E-state index contributed by atoms with van der Waals surface area (Å²) in [6, 6.07) is 70.7. The second-order valence-electron chi connectivity index (χ2n) is 13.7. The molecule has 0 spiro atoms. The number of rotatable bonds is 7. The fourth-order valence-corrected chi connectivity index (χ4v) is 8.16. The standard InChI is InChI=1S/C51H39N/c1-36-30-31-41-22-15-27-47(51(41)50(36)40-19-6-3-7-20-40)46-25-11-13-29-49(46)52(42-34-32-38(33-35-42)37-16-4-2-5-17-37)48-28-12-10-24-45(48)44-26-14-21-39-18-8-9-23-43(39)44/h2-36,50H,1H3. The van der Waals surface area contributed by atoms with Gasteiger partial charge in [0.25, 0.3) is 0 Å². The Morgan fingerprint density at radius 1 is 0.423 bits per heavy atom. The van der Waals surface area contributed by atoms with Crippen molar-refractivity contribution in [3.8, 4) is 33.4 Å². The molecule has 0 aromatic heterocycles. The van der Waals surface area contributed by atoms with Gasteiger partial charge in [0.05, 0.1) is 11.4 Å². The van der Waals surface area contributed by atoms with Crippen molar-refractivity contribution in [3.63, 3.8) is 0 Å². The summed E-state index contributed by atoms with van der Waals surface area (Å²) in [6.07, 6.45) is 4.69. The van der Waals surface area contributed by atoms with Gasteiger partial charge in [0, 0.05) is 22.7 Å². The molecule has 0 heterocycles. The maximum atomic E-state index is 2.47. The van der Waals surface area contributed by atoms with Crippen molar-refractivity contribution < 1.29 is 0 Å². The van der Waals surface area contributed by atoms with Crippen molar-refractivity contribution in [1.29, 1.82) is 0 Å². The topological polar surface area (TPSA) is 3.24 Å². The Morgan fingerprint density at radius 3 is 1.71 bits per heavy atom. The minimum absolute atomic E-state index is 0.243. The van der Waals surface area contributed by atoms with E-state index < -0.39 is 0 Å². The maximum absolute atomic E-state index is 2.47. The molecule has 8 aromatic carbocycles. The summed E-state index contributed by atoms with van der Waals surface area (Å²) in [5, 5.41) is 2.48. The van der Waals surface area contributed by atoms with E-state index in [2.05, 4.69) is 218 Å². The van der Waals surface area contributed by atoms with Gasteiger partial charge in [-0.15, -0.1) is 0 Å². The minimum atomic E-state index is 0.243. The van der Waals surface area contributed by atoms with Crippen molar-refractivity contribution in [1.82, 2.24) is 0 Å². The average molecular weight is 666 g/mol. The quantitative estimate of drug-likeness (QED) is 0.164. The van der Waals surface area contributed by atoms with Crippen LogP contribution in [0.25, 0.3) is 50.2 Å². The number of allylic oxidation sites excluding steroid dienone is 1. The molecule has 248 valence electrons. The van der Waals surface area contributed by atoms with E-state index in [0.29, 0.717) is 5.92 Å². The van der Waals surface area contributed by atoms with Crippen molar-refractivity contribution in [2.24, 2.45) is 5.92 Å². The van der Waals surface area contributed by atoms with Gasteiger partial charge in [-0.3, -0.25) is 0 Å². The molecule has 52 heavy (non-hydrogen) atoms. The van der Waals surface area contributed by atoms with Crippen LogP contribution in [0, 0.1) is 5.92 Å². The SMILES string of the molecule is CC1C=Cc2cccc(-c3ccccc3N(c3ccc(-c4ccccc4)cc3)c3ccccc3-c3cccc4ccccc34)c2C1c1ccccc1. The predicted molar refractivity (Wildman–Crippen MR) is 221 cm³/mol. The highest BCUT2D eigenvalue weighted by molar-refractivity contribution is 6.02. The van der Waals surface area contributed by atoms with Crippen LogP contribution >= 0.6 is 0 Å². The van der Waals surface area contributed by atoms with E-state index in [1.165, 1.54) is 60.8 Å². The predicted octanol–water partition coefficient (Wildman–Crippen LogP) is 14.1. The van der Waals surface area contributed by atoms with Crippen LogP contribution in [0.1, 0.15) is 29.5 Å². The van der Waals surface area contributed by atoms with Crippen molar-refractivity contribution in [2.75, 3.05) is 4.90 Å². The highest BCUT2D eigenvalue weighted by Crippen LogP contribution is 2.49. The van der Waals surface area contributed by atoms with Gasteiger partial charge in [-0.1, -0.05) is 189 Å². The van der Waals surface area contributed by atoms with Crippen molar-refractivity contribution >= 4 is 33.9 Å². The lowest BCUT2D eigenvalue weighted by Gasteiger charge is -2.33. The first-order chi connectivity index (χ1) is 25.7. The molecule has 9 rings (SSSR count). The van der Waals surface area contributed by atoms with E-state index in [1.807, 2.05) is 0 Å². The first-order valence-electron chi connectivity index (χ1n) is 18.2. The minimum Gasteiger partial charge on any atom is -0.309 e. The van der Waals surface area contributed by atoms with Gasteiger partial charge in [-0.25, -0.2) is 0 Å². The summed E-state index contributed by atoms with van der Waals surface area (Å²) >= 11 is 0. The monoisotopic (exact) mass is 665 g/mol. The summed E-state index contributed by atoms with van der Waals surface area (Å²) in [6.45, 7) is 2.35. The molecule has 1 nitrogen and oxygen atoms in total. The molecule has 1 aliphatic rings. The van der Waals surface area contributed by atoms with Gasteiger partial charge in [0.2, 0.25) is 0 Å². The molecule has 1 aliphatic carbocycles. The van der Waals surface area contributed by atoms with E-state index >= 15 is 0 Å². The van der Waals surface area contributed by atoms with Crippen LogP contribution in [-0.4, -0.2) is 0 Å². The molecule has 0 saturated heterocycles. The van der Waals surface area contributed by atoms with Crippen LogP contribution in [0.3, 0.4) is 0 Å². The van der Waals surface area contributed by atoms with Crippen molar-refractivity contribution in [2.45, 2.75) is 12.8 Å². The summed E-state index contributed by atoms with van der Waals surface area (Å²) in [5.41, 5.74) is 14.7. The highest BCUT2D eigenvalue weighted by Gasteiger charge is 2.29. The first-order valence-corrected chi connectivity index (χ1v) is 18.2. The number of hydrogen-bond acceptors (Lipinski definition) is 1. The van der Waals surface area contributed by atoms with Gasteiger partial charge in [-0.05, 0) is 79.9 Å². The Morgan fingerprint density at radius 2 is 0.962 bits per heavy atom. The first kappa shape index (κ1) is 31.5. The van der Waals surface area contributed by atoms with E-state index in [-0.39, 0.29) is 5.92 Å². The number of anilines is 3. The fourth-order valence-electron chi connectivity index (χ4n) is 8.16. The smallest absolute Gasteiger partial charge is 0.0540 e. The van der Waals surface area contributed by atoms with Crippen LogP contribution in [0.15, 0.2) is 200 Å². The Hall–Kier alpha value is -6.44. The Labute approximate surface area is 306 Å². The van der Waals surface area contributed by atoms with E-state index in [9.17, 15) is 0 Å². The van der Waals surface area contributed by atoms with E-state index in [1.54, 1.807) is 0 Å². The lowest BCUT2D eigenvalue weighted by atomic mass is 9.73. The summed E-state index contributed by atoms with van der Waals surface area (Å²) in [4.78, 5) is 2.47. The van der Waals surface area contributed by atoms with Crippen LogP contribution in [0.2, 0.25) is 0 Å². The van der Waals surface area contributed by atoms with Gasteiger partial charge >= 0.3 is 0 Å². The maximum Gasteiger partial charge on any atom is 0.0540 e. The molecule has 0 amide bonds. The fraction of sp³-hybridized carbons (Fsp3) is 0.0588. The van der Waals surface area contributed by atoms with Crippen LogP contribution < -0.4 is 4.90 Å². The molecule has 2 atom stereocenters. The molecule has 0 N–H and O–H groups in total. The van der Waals surface area contributed by atoms with Crippen LogP contribution in [0.5, 0.6) is 0 Å².